The molecule has 1 aromatic carbocycles. The number of benzene rings is 1. The first kappa shape index (κ1) is 14.8. The van der Waals surface area contributed by atoms with Crippen molar-refractivity contribution in [1.29, 1.82) is 0 Å². The molecule has 0 bridgehead atoms. The monoisotopic (exact) mass is 300 g/mol. The second kappa shape index (κ2) is 6.26. The minimum Gasteiger partial charge on any atom is -0.313 e. The van der Waals surface area contributed by atoms with Crippen LogP contribution in [-0.4, -0.2) is 44.4 Å². The first-order valence-corrected chi connectivity index (χ1v) is 9.00. The van der Waals surface area contributed by atoms with Gasteiger partial charge in [-0.25, -0.2) is 8.42 Å². The van der Waals surface area contributed by atoms with Gasteiger partial charge in [-0.3, -0.25) is 0 Å². The third-order valence-electron chi connectivity index (χ3n) is 3.40. The zero-order valence-electron chi connectivity index (χ0n) is 11.3. The quantitative estimate of drug-likeness (QED) is 0.919. The molecule has 1 unspecified atom stereocenters. The molecule has 1 fully saturated rings. The highest BCUT2D eigenvalue weighted by atomic mass is 32.2. The van der Waals surface area contributed by atoms with Gasteiger partial charge in [0.05, 0.1) is 4.90 Å². The molecule has 0 aromatic heterocycles. The van der Waals surface area contributed by atoms with E-state index in [0.717, 1.165) is 17.1 Å². The fourth-order valence-corrected chi connectivity index (χ4v) is 4.68. The standard InChI is InChI=1S/C13H20N2O2S2/c1-11(14-2)12-4-3-5-13(10-12)19(16,17)15-6-8-18-9-7-15/h3-5,10-11,14H,6-9H2,1-2H3. The molecule has 0 spiro atoms. The Morgan fingerprint density at radius 3 is 2.63 bits per heavy atom. The van der Waals surface area contributed by atoms with Gasteiger partial charge in [0.15, 0.2) is 0 Å². The molecule has 1 heterocycles. The zero-order valence-corrected chi connectivity index (χ0v) is 12.9. The van der Waals surface area contributed by atoms with E-state index in [1.54, 1.807) is 28.2 Å². The second-order valence-corrected chi connectivity index (χ2v) is 7.76. The Kier molecular flexibility index (Phi) is 4.89. The van der Waals surface area contributed by atoms with Crippen LogP contribution in [0.3, 0.4) is 0 Å². The van der Waals surface area contributed by atoms with Crippen LogP contribution in [0.4, 0.5) is 0 Å². The van der Waals surface area contributed by atoms with Crippen LogP contribution in [0.15, 0.2) is 29.2 Å². The maximum atomic E-state index is 12.5. The van der Waals surface area contributed by atoms with Crippen molar-refractivity contribution in [3.8, 4) is 0 Å². The van der Waals surface area contributed by atoms with Crippen molar-refractivity contribution in [3.05, 3.63) is 29.8 Å². The Morgan fingerprint density at radius 2 is 2.00 bits per heavy atom. The van der Waals surface area contributed by atoms with E-state index in [4.69, 9.17) is 0 Å². The molecule has 1 saturated heterocycles. The number of sulfonamides is 1. The summed E-state index contributed by atoms with van der Waals surface area (Å²) in [4.78, 5) is 0.402. The average Bonchev–Trinajstić information content (AvgIpc) is 2.47. The van der Waals surface area contributed by atoms with Crippen LogP contribution in [0.25, 0.3) is 0 Å². The predicted octanol–water partition coefficient (Wildman–Crippen LogP) is 1.70. The van der Waals surface area contributed by atoms with Crippen LogP contribution >= 0.6 is 11.8 Å². The van der Waals surface area contributed by atoms with Gasteiger partial charge in [0.2, 0.25) is 10.0 Å². The summed E-state index contributed by atoms with van der Waals surface area (Å²) >= 11 is 1.81. The van der Waals surface area contributed by atoms with Crippen LogP contribution in [0.1, 0.15) is 18.5 Å². The summed E-state index contributed by atoms with van der Waals surface area (Å²) in [5.41, 5.74) is 0.995. The van der Waals surface area contributed by atoms with Gasteiger partial charge < -0.3 is 5.32 Å². The second-order valence-electron chi connectivity index (χ2n) is 4.60. The van der Waals surface area contributed by atoms with E-state index in [-0.39, 0.29) is 6.04 Å². The smallest absolute Gasteiger partial charge is 0.243 e. The van der Waals surface area contributed by atoms with E-state index in [2.05, 4.69) is 5.32 Å². The lowest BCUT2D eigenvalue weighted by Gasteiger charge is -2.26. The third kappa shape index (κ3) is 3.31. The van der Waals surface area contributed by atoms with Gasteiger partial charge in [0.1, 0.15) is 0 Å². The Hall–Kier alpha value is -0.560. The number of hydrogen-bond donors (Lipinski definition) is 1. The van der Waals surface area contributed by atoms with Gasteiger partial charge in [-0.2, -0.15) is 16.1 Å². The summed E-state index contributed by atoms with van der Waals surface area (Å²) < 4.78 is 26.7. The number of rotatable bonds is 4. The summed E-state index contributed by atoms with van der Waals surface area (Å²) in [5.74, 6) is 1.76. The fraction of sp³-hybridized carbons (Fsp3) is 0.538. The average molecular weight is 300 g/mol. The first-order chi connectivity index (χ1) is 9.05. The van der Waals surface area contributed by atoms with Crippen molar-refractivity contribution in [2.24, 2.45) is 0 Å². The summed E-state index contributed by atoms with van der Waals surface area (Å²) in [6.07, 6.45) is 0. The van der Waals surface area contributed by atoms with Crippen LogP contribution in [0.2, 0.25) is 0 Å². The summed E-state index contributed by atoms with van der Waals surface area (Å²) in [6, 6.07) is 7.37. The molecule has 4 nitrogen and oxygen atoms in total. The van der Waals surface area contributed by atoms with Gasteiger partial charge in [0.25, 0.3) is 0 Å². The topological polar surface area (TPSA) is 49.4 Å². The lowest BCUT2D eigenvalue weighted by Crippen LogP contribution is -2.37. The van der Waals surface area contributed by atoms with Crippen molar-refractivity contribution in [2.75, 3.05) is 31.6 Å². The van der Waals surface area contributed by atoms with E-state index in [9.17, 15) is 8.42 Å². The van der Waals surface area contributed by atoms with E-state index in [1.165, 1.54) is 0 Å². The third-order valence-corrected chi connectivity index (χ3v) is 6.24. The predicted molar refractivity (Wildman–Crippen MR) is 80.0 cm³/mol. The molecule has 0 aliphatic carbocycles. The van der Waals surface area contributed by atoms with Gasteiger partial charge in [-0.05, 0) is 31.7 Å². The van der Waals surface area contributed by atoms with Gasteiger partial charge in [0, 0.05) is 30.6 Å². The number of hydrogen-bond acceptors (Lipinski definition) is 4. The number of nitrogens with one attached hydrogen (secondary N) is 1. The number of thioether (sulfide) groups is 1. The summed E-state index contributed by atoms with van der Waals surface area (Å²) in [7, 11) is -1.47. The zero-order chi connectivity index (χ0) is 13.9. The van der Waals surface area contributed by atoms with Crippen LogP contribution in [0.5, 0.6) is 0 Å². The molecular formula is C13H20N2O2S2. The maximum absolute atomic E-state index is 12.5. The first-order valence-electron chi connectivity index (χ1n) is 6.41. The van der Waals surface area contributed by atoms with Crippen molar-refractivity contribution in [3.63, 3.8) is 0 Å². The molecule has 19 heavy (non-hydrogen) atoms. The molecule has 1 aromatic rings. The lowest BCUT2D eigenvalue weighted by molar-refractivity contribution is 0.443. The molecule has 0 radical (unpaired) electrons. The van der Waals surface area contributed by atoms with Gasteiger partial charge in [-0.15, -0.1) is 0 Å². The Bertz CT molecular complexity index is 525. The SMILES string of the molecule is CNC(C)c1cccc(S(=O)(=O)N2CCSCC2)c1. The Balaban J connectivity index is 2.29. The maximum Gasteiger partial charge on any atom is 0.243 e. The molecule has 1 atom stereocenters. The van der Waals surface area contributed by atoms with Crippen molar-refractivity contribution >= 4 is 21.8 Å². The Morgan fingerprint density at radius 1 is 1.32 bits per heavy atom. The largest absolute Gasteiger partial charge is 0.313 e. The van der Waals surface area contributed by atoms with Crippen molar-refractivity contribution in [1.82, 2.24) is 9.62 Å². The van der Waals surface area contributed by atoms with Crippen LogP contribution < -0.4 is 5.32 Å². The van der Waals surface area contributed by atoms with E-state index in [1.807, 2.05) is 26.1 Å². The number of nitrogens with zero attached hydrogens (tertiary/aromatic N) is 1. The fourth-order valence-electron chi connectivity index (χ4n) is 2.05. The molecule has 106 valence electrons. The highest BCUT2D eigenvalue weighted by molar-refractivity contribution is 7.99. The normalized spacial score (nSPS) is 19.3. The van der Waals surface area contributed by atoms with Gasteiger partial charge >= 0.3 is 0 Å². The highest BCUT2D eigenvalue weighted by Crippen LogP contribution is 2.22. The minimum atomic E-state index is -3.33. The highest BCUT2D eigenvalue weighted by Gasteiger charge is 2.26. The summed E-state index contributed by atoms with van der Waals surface area (Å²) in [5, 5.41) is 3.13. The van der Waals surface area contributed by atoms with E-state index in [0.29, 0.717) is 18.0 Å². The molecule has 2 rings (SSSR count). The molecule has 6 heteroatoms. The molecule has 0 amide bonds. The molecule has 1 N–H and O–H groups in total. The molecular weight excluding hydrogens is 280 g/mol. The Labute approximate surface area is 119 Å². The van der Waals surface area contributed by atoms with Crippen LogP contribution in [-0.2, 0) is 10.0 Å². The van der Waals surface area contributed by atoms with E-state index < -0.39 is 10.0 Å². The summed E-state index contributed by atoms with van der Waals surface area (Å²) in [6.45, 7) is 3.24. The molecule has 1 aliphatic heterocycles. The van der Waals surface area contributed by atoms with Crippen LogP contribution in [0, 0.1) is 0 Å². The van der Waals surface area contributed by atoms with Crippen molar-refractivity contribution in [2.45, 2.75) is 17.9 Å². The van der Waals surface area contributed by atoms with Gasteiger partial charge in [-0.1, -0.05) is 12.1 Å². The lowest BCUT2D eigenvalue weighted by atomic mass is 10.1. The molecule has 0 saturated carbocycles. The van der Waals surface area contributed by atoms with Crippen molar-refractivity contribution < 1.29 is 8.42 Å². The molecule has 1 aliphatic rings. The minimum absolute atomic E-state index is 0.145. The van der Waals surface area contributed by atoms with E-state index >= 15 is 0 Å².